The summed E-state index contributed by atoms with van der Waals surface area (Å²) in [5.74, 6) is 1.30. The lowest BCUT2D eigenvalue weighted by atomic mass is 9.95. The molecule has 16 heavy (non-hydrogen) atoms. The first-order valence-electron chi connectivity index (χ1n) is 6.73. The fraction of sp³-hybridized carbons (Fsp3) is 1.00. The van der Waals surface area contributed by atoms with Gasteiger partial charge >= 0.3 is 0 Å². The molecule has 0 radical (unpaired) electrons. The Hall–Kier alpha value is -0.120. The Labute approximate surface area is 100 Å². The molecular weight excluding hydrogens is 200 g/mol. The molecule has 3 heteroatoms. The van der Waals surface area contributed by atoms with Gasteiger partial charge in [0.15, 0.2) is 0 Å². The maximum atomic E-state index is 6.14. The summed E-state index contributed by atoms with van der Waals surface area (Å²) in [5, 5.41) is 0. The van der Waals surface area contributed by atoms with Crippen molar-refractivity contribution in [1.29, 1.82) is 0 Å². The number of hydrogen-bond acceptors (Lipinski definition) is 3. The third-order valence-corrected chi connectivity index (χ3v) is 3.74. The highest BCUT2D eigenvalue weighted by Crippen LogP contribution is 2.15. The summed E-state index contributed by atoms with van der Waals surface area (Å²) in [5.41, 5.74) is 6.14. The molecular formula is C13H28N2O. The first-order chi connectivity index (χ1) is 7.67. The molecule has 3 nitrogen and oxygen atoms in total. The maximum Gasteiger partial charge on any atom is 0.0521 e. The predicted octanol–water partition coefficient (Wildman–Crippen LogP) is 1.72. The summed E-state index contributed by atoms with van der Waals surface area (Å²) in [6.45, 7) is 11.9. The molecule has 1 aliphatic rings. The van der Waals surface area contributed by atoms with Crippen LogP contribution in [0.5, 0.6) is 0 Å². The van der Waals surface area contributed by atoms with Crippen molar-refractivity contribution >= 4 is 0 Å². The van der Waals surface area contributed by atoms with E-state index in [9.17, 15) is 0 Å². The van der Waals surface area contributed by atoms with Gasteiger partial charge in [0.2, 0.25) is 0 Å². The molecule has 0 spiro atoms. The lowest BCUT2D eigenvalue weighted by molar-refractivity contribution is 0.0249. The van der Waals surface area contributed by atoms with Gasteiger partial charge in [0.25, 0.3) is 0 Å². The van der Waals surface area contributed by atoms with Crippen LogP contribution in [-0.2, 0) is 4.74 Å². The Morgan fingerprint density at radius 1 is 1.44 bits per heavy atom. The fourth-order valence-corrected chi connectivity index (χ4v) is 2.24. The van der Waals surface area contributed by atoms with Crippen molar-refractivity contribution in [3.63, 3.8) is 0 Å². The van der Waals surface area contributed by atoms with Crippen molar-refractivity contribution in [3.8, 4) is 0 Å². The van der Waals surface area contributed by atoms with E-state index >= 15 is 0 Å². The van der Waals surface area contributed by atoms with Crippen LogP contribution in [0.4, 0.5) is 0 Å². The zero-order chi connectivity index (χ0) is 12.0. The number of nitrogens with zero attached hydrogens (tertiary/aromatic N) is 1. The molecule has 1 heterocycles. The van der Waals surface area contributed by atoms with Crippen LogP contribution in [0.2, 0.25) is 0 Å². The Balaban J connectivity index is 2.36. The molecule has 0 aromatic carbocycles. The van der Waals surface area contributed by atoms with E-state index < -0.39 is 0 Å². The van der Waals surface area contributed by atoms with Gasteiger partial charge < -0.3 is 15.4 Å². The van der Waals surface area contributed by atoms with Gasteiger partial charge in [-0.2, -0.15) is 0 Å². The van der Waals surface area contributed by atoms with Crippen molar-refractivity contribution in [2.45, 2.75) is 39.7 Å². The fourth-order valence-electron chi connectivity index (χ4n) is 2.24. The maximum absolute atomic E-state index is 6.14. The highest BCUT2D eigenvalue weighted by molar-refractivity contribution is 4.79. The molecule has 0 aromatic rings. The second-order valence-electron chi connectivity index (χ2n) is 5.15. The van der Waals surface area contributed by atoms with Crippen molar-refractivity contribution < 1.29 is 4.74 Å². The smallest absolute Gasteiger partial charge is 0.0521 e. The highest BCUT2D eigenvalue weighted by atomic mass is 16.5. The van der Waals surface area contributed by atoms with Gasteiger partial charge in [0.05, 0.1) is 6.61 Å². The molecule has 1 saturated heterocycles. The predicted molar refractivity (Wildman–Crippen MR) is 68.5 cm³/mol. The Bertz CT molecular complexity index is 187. The minimum Gasteiger partial charge on any atom is -0.381 e. The largest absolute Gasteiger partial charge is 0.381 e. The molecule has 3 unspecified atom stereocenters. The molecule has 0 bridgehead atoms. The minimum atomic E-state index is 0.333. The van der Waals surface area contributed by atoms with E-state index in [2.05, 4.69) is 25.7 Å². The monoisotopic (exact) mass is 228 g/mol. The summed E-state index contributed by atoms with van der Waals surface area (Å²) in [7, 11) is 0. The van der Waals surface area contributed by atoms with E-state index in [4.69, 9.17) is 10.5 Å². The van der Waals surface area contributed by atoms with Crippen LogP contribution in [0.25, 0.3) is 0 Å². The molecule has 96 valence electrons. The van der Waals surface area contributed by atoms with Crippen LogP contribution in [0, 0.1) is 11.8 Å². The molecule has 2 N–H and O–H groups in total. The van der Waals surface area contributed by atoms with Gasteiger partial charge in [0.1, 0.15) is 0 Å². The Morgan fingerprint density at radius 2 is 2.19 bits per heavy atom. The molecule has 1 rings (SSSR count). The van der Waals surface area contributed by atoms with Crippen molar-refractivity contribution in [1.82, 2.24) is 4.90 Å². The summed E-state index contributed by atoms with van der Waals surface area (Å²) < 4.78 is 5.52. The van der Waals surface area contributed by atoms with Crippen LogP contribution in [0.1, 0.15) is 33.6 Å². The first kappa shape index (κ1) is 13.9. The van der Waals surface area contributed by atoms with E-state index in [-0.39, 0.29) is 0 Å². The van der Waals surface area contributed by atoms with Gasteiger partial charge in [-0.05, 0) is 18.9 Å². The summed E-state index contributed by atoms with van der Waals surface area (Å²) in [6, 6.07) is 0.333. The number of rotatable bonds is 6. The van der Waals surface area contributed by atoms with Gasteiger partial charge in [-0.15, -0.1) is 0 Å². The minimum absolute atomic E-state index is 0.333. The number of ether oxygens (including phenoxy) is 1. The quantitative estimate of drug-likeness (QED) is 0.752. The zero-order valence-corrected chi connectivity index (χ0v) is 11.1. The lowest BCUT2D eigenvalue weighted by Crippen LogP contribution is -2.45. The lowest BCUT2D eigenvalue weighted by Gasteiger charge is -2.34. The SMILES string of the molecule is CCC(C)CN(CC)CC1COCCC1N. The molecule has 3 atom stereocenters. The van der Waals surface area contributed by atoms with Crippen LogP contribution >= 0.6 is 0 Å². The molecule has 1 aliphatic heterocycles. The first-order valence-corrected chi connectivity index (χ1v) is 6.73. The number of nitrogens with two attached hydrogens (primary N) is 1. The molecule has 0 aromatic heterocycles. The van der Waals surface area contributed by atoms with E-state index in [1.807, 2.05) is 0 Å². The third-order valence-electron chi connectivity index (χ3n) is 3.74. The zero-order valence-electron chi connectivity index (χ0n) is 11.1. The third kappa shape index (κ3) is 4.40. The highest BCUT2D eigenvalue weighted by Gasteiger charge is 2.24. The van der Waals surface area contributed by atoms with E-state index in [1.165, 1.54) is 13.0 Å². The summed E-state index contributed by atoms with van der Waals surface area (Å²) >= 11 is 0. The van der Waals surface area contributed by atoms with Gasteiger partial charge in [-0.3, -0.25) is 0 Å². The van der Waals surface area contributed by atoms with Crippen molar-refractivity contribution in [2.24, 2.45) is 17.6 Å². The topological polar surface area (TPSA) is 38.5 Å². The average molecular weight is 228 g/mol. The van der Waals surface area contributed by atoms with Crippen LogP contribution in [0.3, 0.4) is 0 Å². The Kier molecular flexibility index (Phi) is 6.32. The second kappa shape index (κ2) is 7.25. The molecule has 1 fully saturated rings. The van der Waals surface area contributed by atoms with Gasteiger partial charge in [-0.1, -0.05) is 27.2 Å². The average Bonchev–Trinajstić information content (AvgIpc) is 2.30. The van der Waals surface area contributed by atoms with Crippen LogP contribution in [-0.4, -0.2) is 43.8 Å². The van der Waals surface area contributed by atoms with Gasteiger partial charge in [0, 0.05) is 31.7 Å². The van der Waals surface area contributed by atoms with Crippen LogP contribution in [0.15, 0.2) is 0 Å². The molecule has 0 saturated carbocycles. The number of hydrogen-bond donors (Lipinski definition) is 1. The van der Waals surface area contributed by atoms with E-state index in [0.717, 1.165) is 38.6 Å². The summed E-state index contributed by atoms with van der Waals surface area (Å²) in [4.78, 5) is 2.52. The standard InChI is InChI=1S/C13H28N2O/c1-4-11(3)8-15(5-2)9-12-10-16-7-6-13(12)14/h11-13H,4-10,14H2,1-3H3. The summed E-state index contributed by atoms with van der Waals surface area (Å²) in [6.07, 6.45) is 2.27. The normalized spacial score (nSPS) is 28.3. The second-order valence-corrected chi connectivity index (χ2v) is 5.15. The molecule has 0 aliphatic carbocycles. The van der Waals surface area contributed by atoms with Gasteiger partial charge in [-0.25, -0.2) is 0 Å². The van der Waals surface area contributed by atoms with Crippen molar-refractivity contribution in [2.75, 3.05) is 32.8 Å². The Morgan fingerprint density at radius 3 is 2.75 bits per heavy atom. The van der Waals surface area contributed by atoms with Crippen LogP contribution < -0.4 is 5.73 Å². The van der Waals surface area contributed by atoms with E-state index in [1.54, 1.807) is 0 Å². The molecule has 0 amide bonds. The van der Waals surface area contributed by atoms with E-state index in [0.29, 0.717) is 12.0 Å². The van der Waals surface area contributed by atoms with Crippen molar-refractivity contribution in [3.05, 3.63) is 0 Å².